The van der Waals surface area contributed by atoms with Crippen LogP contribution in [0.5, 0.6) is 0 Å². The third-order valence-corrected chi connectivity index (χ3v) is 6.22. The molecule has 6 heteroatoms. The van der Waals surface area contributed by atoms with E-state index in [2.05, 4.69) is 10.2 Å². The second-order valence-corrected chi connectivity index (χ2v) is 7.93. The lowest BCUT2D eigenvalue weighted by molar-refractivity contribution is -0.00728. The fraction of sp³-hybridized carbons (Fsp3) is 1.00. The molecule has 1 saturated heterocycles. The van der Waals surface area contributed by atoms with Crippen LogP contribution in [0.2, 0.25) is 12.6 Å². The van der Waals surface area contributed by atoms with Crippen LogP contribution in [-0.4, -0.2) is 65.2 Å². The number of nitrogens with one attached hydrogen (secondary N) is 1. The Hall–Kier alpha value is 0.0169. The summed E-state index contributed by atoms with van der Waals surface area (Å²) in [5, 5.41) is 13.3. The van der Waals surface area contributed by atoms with Crippen molar-refractivity contribution in [3.63, 3.8) is 0 Å². The molecule has 1 fully saturated rings. The van der Waals surface area contributed by atoms with E-state index in [4.69, 9.17) is 8.85 Å². The molecule has 96 valence electrons. The zero-order valence-electron chi connectivity index (χ0n) is 10.5. The lowest BCUT2D eigenvalue weighted by Gasteiger charge is -2.33. The third kappa shape index (κ3) is 4.12. The minimum absolute atomic E-state index is 0.362. The van der Waals surface area contributed by atoms with Gasteiger partial charge in [0.2, 0.25) is 0 Å². The zero-order chi connectivity index (χ0) is 12.0. The van der Waals surface area contributed by atoms with E-state index in [9.17, 15) is 5.11 Å². The molecule has 1 aliphatic heterocycles. The zero-order valence-corrected chi connectivity index (χ0v) is 11.5. The van der Waals surface area contributed by atoms with Crippen LogP contribution in [0.4, 0.5) is 0 Å². The number of hydrogen-bond donors (Lipinski definition) is 2. The van der Waals surface area contributed by atoms with E-state index in [0.717, 1.165) is 38.6 Å². The van der Waals surface area contributed by atoms with E-state index in [1.165, 1.54) is 0 Å². The van der Waals surface area contributed by atoms with Crippen LogP contribution < -0.4 is 5.32 Å². The molecule has 0 radical (unpaired) electrons. The molecule has 1 heterocycles. The molecule has 1 atom stereocenters. The molecule has 16 heavy (non-hydrogen) atoms. The van der Waals surface area contributed by atoms with Crippen molar-refractivity contribution in [2.24, 2.45) is 0 Å². The molecule has 1 unspecified atom stereocenters. The topological polar surface area (TPSA) is 54.0 Å². The minimum Gasteiger partial charge on any atom is -0.398 e. The van der Waals surface area contributed by atoms with E-state index in [-0.39, 0.29) is 6.23 Å². The van der Waals surface area contributed by atoms with Gasteiger partial charge in [-0.15, -0.1) is 0 Å². The number of aliphatic hydroxyl groups excluding tert-OH is 1. The van der Waals surface area contributed by atoms with Gasteiger partial charge < -0.3 is 19.3 Å². The monoisotopic (exact) mass is 248 g/mol. The number of nitrogens with zero attached hydrogens (tertiary/aromatic N) is 1. The molecule has 0 aromatic carbocycles. The summed E-state index contributed by atoms with van der Waals surface area (Å²) in [7, 11) is 1.35. The summed E-state index contributed by atoms with van der Waals surface area (Å²) in [5.74, 6) is 0. The molecule has 0 aromatic rings. The Bertz CT molecular complexity index is 197. The van der Waals surface area contributed by atoms with Gasteiger partial charge in [0.05, 0.1) is 0 Å². The molecule has 0 bridgehead atoms. The predicted molar refractivity (Wildman–Crippen MR) is 65.5 cm³/mol. The summed E-state index contributed by atoms with van der Waals surface area (Å²) in [4.78, 5) is 2.11. The van der Waals surface area contributed by atoms with E-state index in [0.29, 0.717) is 0 Å². The fourth-order valence-corrected chi connectivity index (χ4v) is 3.20. The van der Waals surface area contributed by atoms with Crippen LogP contribution in [-0.2, 0) is 8.85 Å². The van der Waals surface area contributed by atoms with Crippen molar-refractivity contribution >= 4 is 8.56 Å². The first-order valence-corrected chi connectivity index (χ1v) is 8.37. The van der Waals surface area contributed by atoms with Crippen LogP contribution in [0, 0.1) is 0 Å². The number of rotatable bonds is 6. The smallest absolute Gasteiger partial charge is 0.334 e. The van der Waals surface area contributed by atoms with Crippen molar-refractivity contribution in [1.29, 1.82) is 0 Å². The second kappa shape index (κ2) is 6.68. The number of aliphatic hydroxyl groups is 1. The van der Waals surface area contributed by atoms with Gasteiger partial charge in [-0.2, -0.15) is 0 Å². The average molecular weight is 248 g/mol. The van der Waals surface area contributed by atoms with Crippen LogP contribution in [0.15, 0.2) is 0 Å². The normalized spacial score (nSPS) is 21.0. The first-order chi connectivity index (χ1) is 7.61. The van der Waals surface area contributed by atoms with Crippen LogP contribution in [0.1, 0.15) is 6.42 Å². The van der Waals surface area contributed by atoms with Crippen LogP contribution >= 0.6 is 0 Å². The molecular weight excluding hydrogens is 224 g/mol. The highest BCUT2D eigenvalue weighted by Crippen LogP contribution is 2.17. The third-order valence-electron chi connectivity index (χ3n) is 3.29. The molecule has 0 aliphatic carbocycles. The molecule has 0 spiro atoms. The average Bonchev–Trinajstić information content (AvgIpc) is 2.36. The van der Waals surface area contributed by atoms with E-state index in [1.807, 2.05) is 6.55 Å². The van der Waals surface area contributed by atoms with Crippen LogP contribution in [0.3, 0.4) is 0 Å². The molecule has 5 nitrogen and oxygen atoms in total. The van der Waals surface area contributed by atoms with Crippen LogP contribution in [0.25, 0.3) is 0 Å². The van der Waals surface area contributed by atoms with Crippen molar-refractivity contribution < 1.29 is 14.0 Å². The summed E-state index contributed by atoms with van der Waals surface area (Å²) in [6, 6.07) is 0.824. The minimum atomic E-state index is -2.03. The number of piperazine rings is 1. The molecule has 0 amide bonds. The first-order valence-electron chi connectivity index (χ1n) is 5.84. The van der Waals surface area contributed by atoms with Crippen molar-refractivity contribution in [1.82, 2.24) is 10.2 Å². The Morgan fingerprint density at radius 2 is 1.88 bits per heavy atom. The molecular formula is C10H24N2O3Si. The maximum absolute atomic E-state index is 10.0. The van der Waals surface area contributed by atoms with E-state index < -0.39 is 8.56 Å². The van der Waals surface area contributed by atoms with Crippen molar-refractivity contribution in [3.05, 3.63) is 0 Å². The van der Waals surface area contributed by atoms with Gasteiger partial charge in [0.1, 0.15) is 6.23 Å². The quantitative estimate of drug-likeness (QED) is 0.646. The van der Waals surface area contributed by atoms with Gasteiger partial charge in [0.15, 0.2) is 0 Å². The largest absolute Gasteiger partial charge is 0.398 e. The molecule has 0 aromatic heterocycles. The predicted octanol–water partition coefficient (Wildman–Crippen LogP) is -0.0351. The highest BCUT2D eigenvalue weighted by Gasteiger charge is 2.30. The first kappa shape index (κ1) is 14.1. The van der Waals surface area contributed by atoms with Gasteiger partial charge in [0, 0.05) is 40.4 Å². The lowest BCUT2D eigenvalue weighted by Crippen LogP contribution is -2.49. The van der Waals surface area contributed by atoms with Gasteiger partial charge >= 0.3 is 8.56 Å². The van der Waals surface area contributed by atoms with Crippen molar-refractivity contribution in [3.8, 4) is 0 Å². The summed E-state index contributed by atoms with van der Waals surface area (Å²) < 4.78 is 10.8. The van der Waals surface area contributed by atoms with Gasteiger partial charge in [-0.05, 0) is 19.0 Å². The second-order valence-electron chi connectivity index (χ2n) is 4.35. The Labute approximate surface area is 99.0 Å². The maximum Gasteiger partial charge on any atom is 0.334 e. The van der Waals surface area contributed by atoms with E-state index in [1.54, 1.807) is 14.2 Å². The van der Waals surface area contributed by atoms with Crippen molar-refractivity contribution in [2.75, 3.05) is 40.4 Å². The molecule has 2 N–H and O–H groups in total. The maximum atomic E-state index is 10.0. The fourth-order valence-electron chi connectivity index (χ4n) is 1.84. The summed E-state index contributed by atoms with van der Waals surface area (Å²) in [6.07, 6.45) is 0.365. The number of hydrogen-bond acceptors (Lipinski definition) is 5. The van der Waals surface area contributed by atoms with E-state index >= 15 is 0 Å². The van der Waals surface area contributed by atoms with Gasteiger partial charge in [-0.25, -0.2) is 0 Å². The Balaban J connectivity index is 2.30. The SMILES string of the molecule is CO[Si](C)(CCC(O)N1CCNCC1)OC. The summed E-state index contributed by atoms with van der Waals surface area (Å²) in [6.45, 7) is 5.77. The Morgan fingerprint density at radius 1 is 1.31 bits per heavy atom. The summed E-state index contributed by atoms with van der Waals surface area (Å²) in [5.41, 5.74) is 0. The van der Waals surface area contributed by atoms with Gasteiger partial charge in [0.25, 0.3) is 0 Å². The molecule has 0 saturated carbocycles. The molecule has 1 aliphatic rings. The Morgan fingerprint density at radius 3 is 2.38 bits per heavy atom. The van der Waals surface area contributed by atoms with Gasteiger partial charge in [-0.1, -0.05) is 0 Å². The summed E-state index contributed by atoms with van der Waals surface area (Å²) >= 11 is 0. The highest BCUT2D eigenvalue weighted by atomic mass is 28.4. The Kier molecular flexibility index (Phi) is 5.88. The standard InChI is InChI=1S/C10H24N2O3Si/c1-14-16(3,15-2)9-4-10(13)12-7-5-11-6-8-12/h10-11,13H,4-9H2,1-3H3. The lowest BCUT2D eigenvalue weighted by atomic mass is 10.3. The molecule has 1 rings (SSSR count). The van der Waals surface area contributed by atoms with Gasteiger partial charge in [-0.3, -0.25) is 4.90 Å². The highest BCUT2D eigenvalue weighted by molar-refractivity contribution is 6.65. The van der Waals surface area contributed by atoms with Crippen molar-refractivity contribution in [2.45, 2.75) is 25.2 Å².